The van der Waals surface area contributed by atoms with Crippen LogP contribution in [0.1, 0.15) is 29.7 Å². The maximum atomic E-state index is 6.26. The van der Waals surface area contributed by atoms with Crippen molar-refractivity contribution in [2.24, 2.45) is 5.73 Å². The molecule has 2 atom stereocenters. The normalized spacial score (nSPS) is 20.3. The monoisotopic (exact) mass is 285 g/mol. The Hall–Kier alpha value is -2.20. The van der Waals surface area contributed by atoms with Gasteiger partial charge >= 0.3 is 0 Å². The van der Waals surface area contributed by atoms with Crippen LogP contribution in [0.4, 0.5) is 0 Å². The molecule has 2 aromatic rings. The Labute approximate surface area is 124 Å². The maximum absolute atomic E-state index is 6.26. The van der Waals surface area contributed by atoms with E-state index in [1.807, 2.05) is 42.5 Å². The number of methoxy groups -OCH3 is 2. The summed E-state index contributed by atoms with van der Waals surface area (Å²) in [5.41, 5.74) is 8.37. The van der Waals surface area contributed by atoms with E-state index in [2.05, 4.69) is 0 Å². The van der Waals surface area contributed by atoms with E-state index < -0.39 is 0 Å². The van der Waals surface area contributed by atoms with Gasteiger partial charge in [-0.1, -0.05) is 24.3 Å². The molecule has 3 rings (SSSR count). The van der Waals surface area contributed by atoms with Gasteiger partial charge in [0.15, 0.2) is 11.5 Å². The fourth-order valence-corrected chi connectivity index (χ4v) is 2.71. The van der Waals surface area contributed by atoms with Crippen LogP contribution < -0.4 is 19.9 Å². The molecule has 4 heteroatoms. The van der Waals surface area contributed by atoms with Gasteiger partial charge in [-0.05, 0) is 23.8 Å². The van der Waals surface area contributed by atoms with Crippen molar-refractivity contribution in [2.45, 2.75) is 18.6 Å². The summed E-state index contributed by atoms with van der Waals surface area (Å²) in [7, 11) is 3.26. The third kappa shape index (κ3) is 2.54. The van der Waals surface area contributed by atoms with E-state index >= 15 is 0 Å². The lowest BCUT2D eigenvalue weighted by Gasteiger charge is -2.30. The number of benzene rings is 2. The van der Waals surface area contributed by atoms with Crippen LogP contribution in [0, 0.1) is 0 Å². The molecule has 0 saturated carbocycles. The van der Waals surface area contributed by atoms with Gasteiger partial charge in [0.05, 0.1) is 14.2 Å². The molecule has 4 nitrogen and oxygen atoms in total. The van der Waals surface area contributed by atoms with Crippen LogP contribution in [-0.4, -0.2) is 14.2 Å². The molecule has 0 aliphatic carbocycles. The number of para-hydroxylation sites is 1. The summed E-state index contributed by atoms with van der Waals surface area (Å²) < 4.78 is 16.7. The Morgan fingerprint density at radius 1 is 1.05 bits per heavy atom. The van der Waals surface area contributed by atoms with Crippen LogP contribution in [-0.2, 0) is 0 Å². The first-order valence-corrected chi connectivity index (χ1v) is 6.96. The predicted molar refractivity (Wildman–Crippen MR) is 80.9 cm³/mol. The first kappa shape index (κ1) is 13.8. The zero-order valence-corrected chi connectivity index (χ0v) is 12.2. The molecule has 0 unspecified atom stereocenters. The van der Waals surface area contributed by atoms with E-state index in [1.54, 1.807) is 14.2 Å². The molecule has 2 N–H and O–H groups in total. The first-order chi connectivity index (χ1) is 10.2. The van der Waals surface area contributed by atoms with Crippen LogP contribution in [0.5, 0.6) is 17.2 Å². The lowest BCUT2D eigenvalue weighted by atomic mass is 9.93. The minimum absolute atomic E-state index is 0.0203. The zero-order valence-electron chi connectivity index (χ0n) is 12.2. The standard InChI is InChI=1S/C17H19NO3/c1-19-15-8-7-11(9-17(15)20-2)16-10-13(18)12-5-3-4-6-14(12)21-16/h3-9,13,16H,10,18H2,1-2H3/t13-,16+/m1/s1. The number of ether oxygens (including phenoxy) is 3. The predicted octanol–water partition coefficient (Wildman–Crippen LogP) is 3.23. The Morgan fingerprint density at radius 2 is 1.81 bits per heavy atom. The number of rotatable bonds is 3. The second kappa shape index (κ2) is 5.66. The fraction of sp³-hybridized carbons (Fsp3) is 0.294. The smallest absolute Gasteiger partial charge is 0.161 e. The van der Waals surface area contributed by atoms with Crippen LogP contribution in [0.15, 0.2) is 42.5 Å². The van der Waals surface area contributed by atoms with Gasteiger partial charge in [0, 0.05) is 18.0 Å². The first-order valence-electron chi connectivity index (χ1n) is 6.96. The number of fused-ring (bicyclic) bond motifs is 1. The summed E-state index contributed by atoms with van der Waals surface area (Å²) in [4.78, 5) is 0. The summed E-state index contributed by atoms with van der Waals surface area (Å²) in [5.74, 6) is 2.27. The molecular weight excluding hydrogens is 266 g/mol. The Morgan fingerprint density at radius 3 is 2.57 bits per heavy atom. The lowest BCUT2D eigenvalue weighted by molar-refractivity contribution is 0.161. The van der Waals surface area contributed by atoms with Gasteiger partial charge in [-0.2, -0.15) is 0 Å². The zero-order chi connectivity index (χ0) is 14.8. The molecule has 1 aliphatic rings. The Bertz CT molecular complexity index is 642. The minimum Gasteiger partial charge on any atom is -0.493 e. The van der Waals surface area contributed by atoms with Gasteiger partial charge in [-0.3, -0.25) is 0 Å². The van der Waals surface area contributed by atoms with Crippen LogP contribution in [0.25, 0.3) is 0 Å². The maximum Gasteiger partial charge on any atom is 0.161 e. The molecule has 1 heterocycles. The molecule has 0 saturated heterocycles. The molecule has 0 spiro atoms. The number of hydrogen-bond acceptors (Lipinski definition) is 4. The van der Waals surface area contributed by atoms with Crippen molar-refractivity contribution >= 4 is 0 Å². The van der Waals surface area contributed by atoms with Crippen molar-refractivity contribution in [2.75, 3.05) is 14.2 Å². The summed E-state index contributed by atoms with van der Waals surface area (Å²) in [6.07, 6.45) is 0.668. The van der Waals surface area contributed by atoms with E-state index in [-0.39, 0.29) is 12.1 Å². The summed E-state index contributed by atoms with van der Waals surface area (Å²) in [6, 6.07) is 13.7. The molecule has 0 aromatic heterocycles. The molecule has 0 radical (unpaired) electrons. The molecule has 2 aromatic carbocycles. The van der Waals surface area contributed by atoms with E-state index in [4.69, 9.17) is 19.9 Å². The van der Waals surface area contributed by atoms with E-state index in [0.29, 0.717) is 11.5 Å². The number of nitrogens with two attached hydrogens (primary N) is 1. The van der Waals surface area contributed by atoms with Crippen molar-refractivity contribution in [1.82, 2.24) is 0 Å². The Kier molecular flexibility index (Phi) is 3.71. The van der Waals surface area contributed by atoms with Gasteiger partial charge in [-0.25, -0.2) is 0 Å². The Balaban J connectivity index is 1.92. The second-order valence-corrected chi connectivity index (χ2v) is 5.10. The van der Waals surface area contributed by atoms with Crippen molar-refractivity contribution in [3.63, 3.8) is 0 Å². The highest BCUT2D eigenvalue weighted by Gasteiger charge is 2.27. The van der Waals surface area contributed by atoms with Gasteiger partial charge < -0.3 is 19.9 Å². The summed E-state index contributed by atoms with van der Waals surface area (Å²) in [5, 5.41) is 0. The highest BCUT2D eigenvalue weighted by Crippen LogP contribution is 2.41. The molecular formula is C17H19NO3. The van der Waals surface area contributed by atoms with Gasteiger partial charge in [0.2, 0.25) is 0 Å². The van der Waals surface area contributed by atoms with Crippen molar-refractivity contribution in [3.8, 4) is 17.2 Å². The minimum atomic E-state index is -0.0743. The van der Waals surface area contributed by atoms with E-state index in [0.717, 1.165) is 23.3 Å². The van der Waals surface area contributed by atoms with E-state index in [9.17, 15) is 0 Å². The molecule has 1 aliphatic heterocycles. The average molecular weight is 285 g/mol. The summed E-state index contributed by atoms with van der Waals surface area (Å²) in [6.45, 7) is 0. The molecule has 110 valence electrons. The van der Waals surface area contributed by atoms with Gasteiger partial charge in [-0.15, -0.1) is 0 Å². The average Bonchev–Trinajstić information content (AvgIpc) is 2.54. The lowest BCUT2D eigenvalue weighted by Crippen LogP contribution is -2.24. The van der Waals surface area contributed by atoms with Crippen molar-refractivity contribution in [3.05, 3.63) is 53.6 Å². The van der Waals surface area contributed by atoms with Crippen LogP contribution >= 0.6 is 0 Å². The van der Waals surface area contributed by atoms with Gasteiger partial charge in [0.1, 0.15) is 11.9 Å². The molecule has 0 fully saturated rings. The van der Waals surface area contributed by atoms with Gasteiger partial charge in [0.25, 0.3) is 0 Å². The van der Waals surface area contributed by atoms with Crippen LogP contribution in [0.3, 0.4) is 0 Å². The second-order valence-electron chi connectivity index (χ2n) is 5.10. The third-order valence-corrected chi connectivity index (χ3v) is 3.84. The van der Waals surface area contributed by atoms with Crippen molar-refractivity contribution in [1.29, 1.82) is 0 Å². The molecule has 0 amide bonds. The third-order valence-electron chi connectivity index (χ3n) is 3.84. The number of hydrogen-bond donors (Lipinski definition) is 1. The van der Waals surface area contributed by atoms with E-state index in [1.165, 1.54) is 0 Å². The topological polar surface area (TPSA) is 53.7 Å². The SMILES string of the molecule is COc1ccc([C@@H]2C[C@@H](N)c3ccccc3O2)cc1OC. The van der Waals surface area contributed by atoms with Crippen LogP contribution in [0.2, 0.25) is 0 Å². The quantitative estimate of drug-likeness (QED) is 0.940. The molecule has 21 heavy (non-hydrogen) atoms. The summed E-state index contributed by atoms with van der Waals surface area (Å²) >= 11 is 0. The highest BCUT2D eigenvalue weighted by molar-refractivity contribution is 5.45. The largest absolute Gasteiger partial charge is 0.493 e. The highest BCUT2D eigenvalue weighted by atomic mass is 16.5. The molecule has 0 bridgehead atoms. The fourth-order valence-electron chi connectivity index (χ4n) is 2.71. The van der Waals surface area contributed by atoms with Crippen molar-refractivity contribution < 1.29 is 14.2 Å².